The Labute approximate surface area is 77.3 Å². The molecule has 0 atom stereocenters. The molecule has 64 valence electrons. The van der Waals surface area contributed by atoms with E-state index in [-0.39, 0.29) is 0 Å². The lowest BCUT2D eigenvalue weighted by Gasteiger charge is -2.06. The Balaban J connectivity index is 2.54. The van der Waals surface area contributed by atoms with Gasteiger partial charge in [0.15, 0.2) is 0 Å². The van der Waals surface area contributed by atoms with Crippen molar-refractivity contribution in [2.24, 2.45) is 0 Å². The largest absolute Gasteiger partial charge is 0.495 e. The molecule has 1 aliphatic carbocycles. The first-order chi connectivity index (χ1) is 5.83. The molecule has 1 nitrogen and oxygen atoms in total. The van der Waals surface area contributed by atoms with Gasteiger partial charge in [-0.3, -0.25) is 0 Å². The first-order valence-corrected chi connectivity index (χ1v) is 4.55. The van der Waals surface area contributed by atoms with E-state index in [1.165, 1.54) is 24.0 Å². The topological polar surface area (TPSA) is 9.23 Å². The Kier molecular flexibility index (Phi) is 1.97. The number of hydrogen-bond acceptors (Lipinski definition) is 1. The molecule has 1 aliphatic rings. The van der Waals surface area contributed by atoms with E-state index >= 15 is 0 Å². The maximum absolute atomic E-state index is 6.13. The molecular formula is C10H11ClO. The molecule has 0 spiro atoms. The molecule has 1 aromatic rings. The standard InChI is InChI=1S/C10H11ClO/c1-12-9-6-5-7-3-2-4-8(7)10(9)11/h5-6H,2-4H2,1H3. The molecule has 0 aliphatic heterocycles. The highest BCUT2D eigenvalue weighted by atomic mass is 35.5. The molecule has 2 heteroatoms. The molecule has 0 radical (unpaired) electrons. The monoisotopic (exact) mass is 182 g/mol. The number of aryl methyl sites for hydroxylation is 1. The minimum atomic E-state index is 0.803. The lowest BCUT2D eigenvalue weighted by molar-refractivity contribution is 0.414. The van der Waals surface area contributed by atoms with Gasteiger partial charge in [0.05, 0.1) is 12.1 Å². The number of ether oxygens (including phenoxy) is 1. The SMILES string of the molecule is COc1ccc2c(c1Cl)CCC2. The van der Waals surface area contributed by atoms with Gasteiger partial charge in [0.25, 0.3) is 0 Å². The Morgan fingerprint density at radius 2 is 2.17 bits per heavy atom. The van der Waals surface area contributed by atoms with Gasteiger partial charge in [-0.25, -0.2) is 0 Å². The van der Waals surface area contributed by atoms with Crippen LogP contribution < -0.4 is 4.74 Å². The number of hydrogen-bond donors (Lipinski definition) is 0. The van der Waals surface area contributed by atoms with Crippen molar-refractivity contribution >= 4 is 11.6 Å². The lowest BCUT2D eigenvalue weighted by atomic mass is 10.1. The summed E-state index contributed by atoms with van der Waals surface area (Å²) in [5.41, 5.74) is 2.68. The van der Waals surface area contributed by atoms with Crippen LogP contribution in [-0.4, -0.2) is 7.11 Å². The van der Waals surface area contributed by atoms with Crippen LogP contribution in [0.25, 0.3) is 0 Å². The predicted molar refractivity (Wildman–Crippen MR) is 50.0 cm³/mol. The number of fused-ring (bicyclic) bond motifs is 1. The van der Waals surface area contributed by atoms with Crippen molar-refractivity contribution in [3.63, 3.8) is 0 Å². The molecule has 0 N–H and O–H groups in total. The van der Waals surface area contributed by atoms with Gasteiger partial charge >= 0.3 is 0 Å². The highest BCUT2D eigenvalue weighted by Crippen LogP contribution is 2.35. The van der Waals surface area contributed by atoms with Crippen LogP contribution in [0.1, 0.15) is 17.5 Å². The second-order valence-corrected chi connectivity index (χ2v) is 3.45. The van der Waals surface area contributed by atoms with Crippen molar-refractivity contribution in [3.8, 4) is 5.75 Å². The highest BCUT2D eigenvalue weighted by Gasteiger charge is 2.16. The number of rotatable bonds is 1. The Morgan fingerprint density at radius 3 is 2.92 bits per heavy atom. The third-order valence-corrected chi connectivity index (χ3v) is 2.81. The van der Waals surface area contributed by atoms with Crippen LogP contribution in [0.3, 0.4) is 0 Å². The predicted octanol–water partition coefficient (Wildman–Crippen LogP) is 2.84. The van der Waals surface area contributed by atoms with Crippen molar-refractivity contribution in [1.82, 2.24) is 0 Å². The molecule has 0 unspecified atom stereocenters. The van der Waals surface area contributed by atoms with Gasteiger partial charge in [-0.2, -0.15) is 0 Å². The summed E-state index contributed by atoms with van der Waals surface area (Å²) in [4.78, 5) is 0. The maximum atomic E-state index is 6.13. The van der Waals surface area contributed by atoms with Gasteiger partial charge in [0.2, 0.25) is 0 Å². The third kappa shape index (κ3) is 1.09. The second-order valence-electron chi connectivity index (χ2n) is 3.07. The first-order valence-electron chi connectivity index (χ1n) is 4.17. The summed E-state index contributed by atoms with van der Waals surface area (Å²) in [7, 11) is 1.66. The number of methoxy groups -OCH3 is 1. The van der Waals surface area contributed by atoms with E-state index in [0.717, 1.165) is 17.2 Å². The molecule has 0 heterocycles. The molecular weight excluding hydrogens is 172 g/mol. The zero-order chi connectivity index (χ0) is 8.55. The third-order valence-electron chi connectivity index (χ3n) is 2.40. The summed E-state index contributed by atoms with van der Waals surface area (Å²) >= 11 is 6.13. The number of benzene rings is 1. The van der Waals surface area contributed by atoms with Gasteiger partial charge in [-0.1, -0.05) is 17.7 Å². The van der Waals surface area contributed by atoms with E-state index in [9.17, 15) is 0 Å². The minimum absolute atomic E-state index is 0.803. The first kappa shape index (κ1) is 7.93. The summed E-state index contributed by atoms with van der Waals surface area (Å²) in [6.07, 6.45) is 3.49. The second kappa shape index (κ2) is 2.98. The Bertz CT molecular complexity index is 307. The van der Waals surface area contributed by atoms with E-state index in [1.54, 1.807) is 7.11 Å². The molecule has 0 amide bonds. The Morgan fingerprint density at radius 1 is 1.33 bits per heavy atom. The quantitative estimate of drug-likeness (QED) is 0.649. The van der Waals surface area contributed by atoms with Crippen LogP contribution in [0, 0.1) is 0 Å². The van der Waals surface area contributed by atoms with E-state index < -0.39 is 0 Å². The molecule has 1 aromatic carbocycles. The van der Waals surface area contributed by atoms with Crippen molar-refractivity contribution in [2.45, 2.75) is 19.3 Å². The van der Waals surface area contributed by atoms with Gasteiger partial charge in [-0.05, 0) is 36.5 Å². The molecule has 0 saturated carbocycles. The van der Waals surface area contributed by atoms with Crippen LogP contribution in [0.4, 0.5) is 0 Å². The van der Waals surface area contributed by atoms with E-state index in [1.807, 2.05) is 6.07 Å². The summed E-state index contributed by atoms with van der Waals surface area (Å²) in [6, 6.07) is 4.07. The molecule has 0 saturated heterocycles. The van der Waals surface area contributed by atoms with Crippen LogP contribution >= 0.6 is 11.6 Å². The van der Waals surface area contributed by atoms with Crippen LogP contribution in [0.5, 0.6) is 5.75 Å². The van der Waals surface area contributed by atoms with Crippen molar-refractivity contribution in [3.05, 3.63) is 28.3 Å². The number of halogens is 1. The van der Waals surface area contributed by atoms with Crippen molar-refractivity contribution < 1.29 is 4.74 Å². The van der Waals surface area contributed by atoms with E-state index in [4.69, 9.17) is 16.3 Å². The fourth-order valence-corrected chi connectivity index (χ4v) is 2.11. The zero-order valence-electron chi connectivity index (χ0n) is 7.06. The molecule has 0 bridgehead atoms. The maximum Gasteiger partial charge on any atom is 0.137 e. The van der Waals surface area contributed by atoms with Crippen molar-refractivity contribution in [1.29, 1.82) is 0 Å². The lowest BCUT2D eigenvalue weighted by Crippen LogP contribution is -1.89. The summed E-state index contributed by atoms with van der Waals surface area (Å²) in [5.74, 6) is 0.803. The minimum Gasteiger partial charge on any atom is -0.495 e. The van der Waals surface area contributed by atoms with Gasteiger partial charge in [-0.15, -0.1) is 0 Å². The average molecular weight is 183 g/mol. The average Bonchev–Trinajstić information content (AvgIpc) is 2.53. The van der Waals surface area contributed by atoms with Crippen LogP contribution in [0.15, 0.2) is 12.1 Å². The van der Waals surface area contributed by atoms with E-state index in [2.05, 4.69) is 6.07 Å². The fourth-order valence-electron chi connectivity index (χ4n) is 1.76. The van der Waals surface area contributed by atoms with Gasteiger partial charge < -0.3 is 4.74 Å². The normalized spacial score (nSPS) is 14.5. The fraction of sp³-hybridized carbons (Fsp3) is 0.400. The van der Waals surface area contributed by atoms with E-state index in [0.29, 0.717) is 0 Å². The molecule has 2 rings (SSSR count). The van der Waals surface area contributed by atoms with Gasteiger partial charge in [0, 0.05) is 0 Å². The van der Waals surface area contributed by atoms with Gasteiger partial charge in [0.1, 0.15) is 5.75 Å². The summed E-state index contributed by atoms with van der Waals surface area (Å²) in [5, 5.41) is 0.813. The summed E-state index contributed by atoms with van der Waals surface area (Å²) in [6.45, 7) is 0. The van der Waals surface area contributed by atoms with Crippen molar-refractivity contribution in [2.75, 3.05) is 7.11 Å². The highest BCUT2D eigenvalue weighted by molar-refractivity contribution is 6.33. The molecule has 12 heavy (non-hydrogen) atoms. The molecule has 0 aromatic heterocycles. The van der Waals surface area contributed by atoms with Crippen LogP contribution in [0.2, 0.25) is 5.02 Å². The smallest absolute Gasteiger partial charge is 0.137 e. The molecule has 0 fully saturated rings. The zero-order valence-corrected chi connectivity index (χ0v) is 7.82. The van der Waals surface area contributed by atoms with Crippen LogP contribution in [-0.2, 0) is 12.8 Å². The Hall–Kier alpha value is -0.690. The summed E-state index contributed by atoms with van der Waals surface area (Å²) < 4.78 is 5.14.